The lowest BCUT2D eigenvalue weighted by Gasteiger charge is -2.22. The third kappa shape index (κ3) is 4.81. The van der Waals surface area contributed by atoms with Gasteiger partial charge in [-0.2, -0.15) is 11.3 Å². The highest BCUT2D eigenvalue weighted by Gasteiger charge is 2.11. The SMILES string of the molecule is CCC(Cc1ccccc1)NC(C)Cc1ccsc1. The average Bonchev–Trinajstić information content (AvgIpc) is 2.92. The Balaban J connectivity index is 1.84. The minimum absolute atomic E-state index is 0.531. The zero-order valence-electron chi connectivity index (χ0n) is 11.8. The molecular weight excluding hydrogens is 250 g/mol. The van der Waals surface area contributed by atoms with Crippen LogP contribution in [0.2, 0.25) is 0 Å². The van der Waals surface area contributed by atoms with Crippen LogP contribution in [0.15, 0.2) is 47.2 Å². The van der Waals surface area contributed by atoms with Crippen LogP contribution in [0.4, 0.5) is 0 Å². The molecular formula is C17H23NS. The Kier molecular flexibility index (Phi) is 5.62. The van der Waals surface area contributed by atoms with Crippen molar-refractivity contribution in [3.63, 3.8) is 0 Å². The molecule has 0 aliphatic carbocycles. The largest absolute Gasteiger partial charge is 0.311 e. The first-order valence-corrected chi connectivity index (χ1v) is 8.03. The summed E-state index contributed by atoms with van der Waals surface area (Å²) in [6, 6.07) is 14.1. The number of nitrogens with one attached hydrogen (secondary N) is 1. The summed E-state index contributed by atoms with van der Waals surface area (Å²) in [6.45, 7) is 4.54. The number of rotatable bonds is 7. The van der Waals surface area contributed by atoms with Gasteiger partial charge in [-0.05, 0) is 54.1 Å². The molecule has 0 aliphatic heterocycles. The molecule has 19 heavy (non-hydrogen) atoms. The molecule has 0 amide bonds. The molecule has 1 heterocycles. The lowest BCUT2D eigenvalue weighted by atomic mass is 10.0. The minimum Gasteiger partial charge on any atom is -0.311 e. The maximum absolute atomic E-state index is 3.76. The van der Waals surface area contributed by atoms with Crippen LogP contribution in [0.3, 0.4) is 0 Å². The van der Waals surface area contributed by atoms with Gasteiger partial charge in [0.25, 0.3) is 0 Å². The van der Waals surface area contributed by atoms with Gasteiger partial charge in [-0.1, -0.05) is 37.3 Å². The van der Waals surface area contributed by atoms with Crippen LogP contribution < -0.4 is 5.32 Å². The molecule has 0 bridgehead atoms. The number of hydrogen-bond donors (Lipinski definition) is 1. The lowest BCUT2D eigenvalue weighted by Crippen LogP contribution is -2.38. The van der Waals surface area contributed by atoms with Gasteiger partial charge < -0.3 is 5.32 Å². The smallest absolute Gasteiger partial charge is 0.0107 e. The monoisotopic (exact) mass is 273 g/mol. The highest BCUT2D eigenvalue weighted by Crippen LogP contribution is 2.11. The third-order valence-corrected chi connectivity index (χ3v) is 4.19. The second kappa shape index (κ2) is 7.46. The fraction of sp³-hybridized carbons (Fsp3) is 0.412. The highest BCUT2D eigenvalue weighted by molar-refractivity contribution is 7.07. The molecule has 102 valence electrons. The number of benzene rings is 1. The fourth-order valence-corrected chi connectivity index (χ4v) is 3.12. The van der Waals surface area contributed by atoms with E-state index in [1.54, 1.807) is 11.3 Å². The highest BCUT2D eigenvalue weighted by atomic mass is 32.1. The van der Waals surface area contributed by atoms with E-state index in [1.165, 1.54) is 17.5 Å². The minimum atomic E-state index is 0.531. The first-order valence-electron chi connectivity index (χ1n) is 7.09. The molecule has 1 N–H and O–H groups in total. The van der Waals surface area contributed by atoms with Gasteiger partial charge in [0.1, 0.15) is 0 Å². The van der Waals surface area contributed by atoms with Gasteiger partial charge in [-0.15, -0.1) is 0 Å². The van der Waals surface area contributed by atoms with Gasteiger partial charge in [-0.3, -0.25) is 0 Å². The second-order valence-corrected chi connectivity index (χ2v) is 5.98. The predicted molar refractivity (Wildman–Crippen MR) is 84.8 cm³/mol. The summed E-state index contributed by atoms with van der Waals surface area (Å²) in [4.78, 5) is 0. The van der Waals surface area contributed by atoms with Gasteiger partial charge in [0.15, 0.2) is 0 Å². The van der Waals surface area contributed by atoms with Crippen molar-refractivity contribution in [2.45, 2.75) is 45.2 Å². The Morgan fingerprint density at radius 2 is 1.84 bits per heavy atom. The summed E-state index contributed by atoms with van der Waals surface area (Å²) in [5.41, 5.74) is 2.86. The molecule has 1 nitrogen and oxygen atoms in total. The van der Waals surface area contributed by atoms with Crippen molar-refractivity contribution < 1.29 is 0 Å². The normalized spacial score (nSPS) is 14.2. The third-order valence-electron chi connectivity index (χ3n) is 3.46. The summed E-state index contributed by atoms with van der Waals surface area (Å²) < 4.78 is 0. The summed E-state index contributed by atoms with van der Waals surface area (Å²) in [5.74, 6) is 0. The van der Waals surface area contributed by atoms with Crippen LogP contribution in [0, 0.1) is 0 Å². The Hall–Kier alpha value is -1.12. The van der Waals surface area contributed by atoms with E-state index >= 15 is 0 Å². The first-order chi connectivity index (χ1) is 9.28. The number of hydrogen-bond acceptors (Lipinski definition) is 2. The van der Waals surface area contributed by atoms with Crippen LogP contribution in [0.25, 0.3) is 0 Å². The topological polar surface area (TPSA) is 12.0 Å². The maximum Gasteiger partial charge on any atom is 0.0107 e. The van der Waals surface area contributed by atoms with Crippen LogP contribution in [-0.2, 0) is 12.8 Å². The molecule has 2 aromatic rings. The Morgan fingerprint density at radius 3 is 2.47 bits per heavy atom. The summed E-state index contributed by atoms with van der Waals surface area (Å²) in [6.07, 6.45) is 3.41. The van der Waals surface area contributed by atoms with E-state index in [0.717, 1.165) is 12.8 Å². The van der Waals surface area contributed by atoms with Gasteiger partial charge in [0.2, 0.25) is 0 Å². The standard InChI is InChI=1S/C17H23NS/c1-3-17(12-15-7-5-4-6-8-15)18-14(2)11-16-9-10-19-13-16/h4-10,13-14,17-18H,3,11-12H2,1-2H3. The predicted octanol–water partition coefficient (Wildman–Crippen LogP) is 4.29. The fourth-order valence-electron chi connectivity index (χ4n) is 2.44. The summed E-state index contributed by atoms with van der Waals surface area (Å²) in [5, 5.41) is 8.16. The van der Waals surface area contributed by atoms with Crippen LogP contribution in [-0.4, -0.2) is 12.1 Å². The Morgan fingerprint density at radius 1 is 1.05 bits per heavy atom. The Bertz CT molecular complexity index is 449. The van der Waals surface area contributed by atoms with Crippen LogP contribution in [0.1, 0.15) is 31.4 Å². The first kappa shape index (κ1) is 14.3. The van der Waals surface area contributed by atoms with E-state index in [-0.39, 0.29) is 0 Å². The van der Waals surface area contributed by atoms with E-state index in [2.05, 4.69) is 66.3 Å². The molecule has 2 heteroatoms. The van der Waals surface area contributed by atoms with Crippen molar-refractivity contribution in [1.82, 2.24) is 5.32 Å². The molecule has 0 radical (unpaired) electrons. The van der Waals surface area contributed by atoms with Gasteiger partial charge in [0, 0.05) is 12.1 Å². The van der Waals surface area contributed by atoms with E-state index in [0.29, 0.717) is 12.1 Å². The van der Waals surface area contributed by atoms with E-state index in [1.807, 2.05) is 0 Å². The number of thiophene rings is 1. The van der Waals surface area contributed by atoms with E-state index in [9.17, 15) is 0 Å². The molecule has 0 saturated heterocycles. The summed E-state index contributed by atoms with van der Waals surface area (Å²) >= 11 is 1.78. The lowest BCUT2D eigenvalue weighted by molar-refractivity contribution is 0.429. The molecule has 2 rings (SSSR count). The van der Waals surface area contributed by atoms with Gasteiger partial charge in [-0.25, -0.2) is 0 Å². The van der Waals surface area contributed by atoms with Crippen LogP contribution in [0.5, 0.6) is 0 Å². The molecule has 2 unspecified atom stereocenters. The van der Waals surface area contributed by atoms with Crippen molar-refractivity contribution in [1.29, 1.82) is 0 Å². The quantitative estimate of drug-likeness (QED) is 0.793. The molecule has 0 saturated carbocycles. The zero-order chi connectivity index (χ0) is 13.5. The zero-order valence-corrected chi connectivity index (χ0v) is 12.6. The maximum atomic E-state index is 3.76. The average molecular weight is 273 g/mol. The van der Waals surface area contributed by atoms with Crippen molar-refractivity contribution in [2.24, 2.45) is 0 Å². The molecule has 2 atom stereocenters. The molecule has 0 aliphatic rings. The summed E-state index contributed by atoms with van der Waals surface area (Å²) in [7, 11) is 0. The molecule has 0 spiro atoms. The second-order valence-electron chi connectivity index (χ2n) is 5.20. The molecule has 0 fully saturated rings. The van der Waals surface area contributed by atoms with Gasteiger partial charge in [0.05, 0.1) is 0 Å². The van der Waals surface area contributed by atoms with Crippen molar-refractivity contribution in [3.05, 3.63) is 58.3 Å². The van der Waals surface area contributed by atoms with Crippen LogP contribution >= 0.6 is 11.3 Å². The van der Waals surface area contributed by atoms with E-state index in [4.69, 9.17) is 0 Å². The molecule has 1 aromatic carbocycles. The van der Waals surface area contributed by atoms with Crippen molar-refractivity contribution in [2.75, 3.05) is 0 Å². The van der Waals surface area contributed by atoms with Gasteiger partial charge >= 0.3 is 0 Å². The Labute approximate surface area is 120 Å². The van der Waals surface area contributed by atoms with E-state index < -0.39 is 0 Å². The molecule has 1 aromatic heterocycles. The van der Waals surface area contributed by atoms with Crippen molar-refractivity contribution >= 4 is 11.3 Å². The van der Waals surface area contributed by atoms with Crippen molar-refractivity contribution in [3.8, 4) is 0 Å².